The number of rotatable bonds is 7. The van der Waals surface area contributed by atoms with Gasteiger partial charge < -0.3 is 15.2 Å². The van der Waals surface area contributed by atoms with Gasteiger partial charge in [0.1, 0.15) is 11.8 Å². The fourth-order valence-electron chi connectivity index (χ4n) is 2.03. The molecule has 0 fully saturated rings. The van der Waals surface area contributed by atoms with Crippen LogP contribution in [-0.2, 0) is 10.2 Å². The first-order chi connectivity index (χ1) is 9.70. The van der Waals surface area contributed by atoms with E-state index in [1.54, 1.807) is 0 Å². The Morgan fingerprint density at radius 2 is 1.81 bits per heavy atom. The summed E-state index contributed by atoms with van der Waals surface area (Å²) in [6.45, 7) is 10.7. The van der Waals surface area contributed by atoms with Gasteiger partial charge in [0.15, 0.2) is 0 Å². The zero-order chi connectivity index (χ0) is 16.0. The fraction of sp³-hybridized carbons (Fsp3) is 0.588. The Balaban J connectivity index is 2.50. The Labute approximate surface area is 127 Å². The minimum atomic E-state index is -0.838. The predicted octanol–water partition coefficient (Wildman–Crippen LogP) is 3.20. The van der Waals surface area contributed by atoms with Crippen molar-refractivity contribution in [2.75, 3.05) is 6.61 Å². The molecule has 0 spiro atoms. The Morgan fingerprint density at radius 3 is 2.24 bits per heavy atom. The van der Waals surface area contributed by atoms with Crippen molar-refractivity contribution < 1.29 is 14.6 Å². The summed E-state index contributed by atoms with van der Waals surface area (Å²) in [6.07, 6.45) is 0.439. The lowest BCUT2D eigenvalue weighted by molar-refractivity contribution is -0.140. The molecule has 0 aliphatic heterocycles. The van der Waals surface area contributed by atoms with Gasteiger partial charge in [0, 0.05) is 12.5 Å². The number of ether oxygens (including phenoxy) is 1. The van der Waals surface area contributed by atoms with E-state index in [0.717, 1.165) is 5.75 Å². The maximum Gasteiger partial charge on any atom is 0.320 e. The van der Waals surface area contributed by atoms with Crippen LogP contribution < -0.4 is 10.1 Å². The lowest BCUT2D eigenvalue weighted by Crippen LogP contribution is -2.41. The van der Waals surface area contributed by atoms with E-state index in [9.17, 15) is 4.79 Å². The number of carboxylic acids is 1. The molecule has 0 radical (unpaired) electrons. The third-order valence-corrected chi connectivity index (χ3v) is 3.23. The molecule has 1 aromatic rings. The molecule has 0 saturated carbocycles. The van der Waals surface area contributed by atoms with Gasteiger partial charge in [-0.1, -0.05) is 46.8 Å². The van der Waals surface area contributed by atoms with Crippen molar-refractivity contribution in [3.05, 3.63) is 29.8 Å². The fourth-order valence-corrected chi connectivity index (χ4v) is 2.03. The molecule has 0 amide bonds. The van der Waals surface area contributed by atoms with Gasteiger partial charge in [-0.3, -0.25) is 4.79 Å². The number of carbonyl (C=O) groups is 1. The molecule has 0 saturated heterocycles. The molecule has 1 unspecified atom stereocenters. The van der Waals surface area contributed by atoms with Gasteiger partial charge in [-0.15, -0.1) is 0 Å². The highest BCUT2D eigenvalue weighted by Gasteiger charge is 2.18. The average Bonchev–Trinajstić information content (AvgIpc) is 2.36. The molecule has 0 aliphatic carbocycles. The Morgan fingerprint density at radius 1 is 1.24 bits per heavy atom. The van der Waals surface area contributed by atoms with E-state index in [-0.39, 0.29) is 11.5 Å². The van der Waals surface area contributed by atoms with Crippen LogP contribution >= 0.6 is 0 Å². The maximum absolute atomic E-state index is 11.1. The molecule has 0 bridgehead atoms. The first-order valence-corrected chi connectivity index (χ1v) is 7.42. The summed E-state index contributed by atoms with van der Waals surface area (Å²) in [5.41, 5.74) is 1.37. The van der Waals surface area contributed by atoms with E-state index in [0.29, 0.717) is 13.0 Å². The topological polar surface area (TPSA) is 58.6 Å². The van der Waals surface area contributed by atoms with Crippen LogP contribution in [0.15, 0.2) is 24.3 Å². The minimum Gasteiger partial charge on any atom is -0.494 e. The van der Waals surface area contributed by atoms with Gasteiger partial charge in [0.2, 0.25) is 0 Å². The van der Waals surface area contributed by atoms with Crippen LogP contribution in [0, 0.1) is 0 Å². The summed E-state index contributed by atoms with van der Waals surface area (Å²) in [6, 6.07) is 7.54. The van der Waals surface area contributed by atoms with Crippen LogP contribution in [0.25, 0.3) is 0 Å². The monoisotopic (exact) mass is 293 g/mol. The van der Waals surface area contributed by atoms with Crippen molar-refractivity contribution in [3.63, 3.8) is 0 Å². The molecule has 2 N–H and O–H groups in total. The highest BCUT2D eigenvalue weighted by molar-refractivity contribution is 5.73. The van der Waals surface area contributed by atoms with E-state index in [2.05, 4.69) is 38.2 Å². The second kappa shape index (κ2) is 7.46. The van der Waals surface area contributed by atoms with Crippen molar-refractivity contribution in [1.82, 2.24) is 5.32 Å². The lowest BCUT2D eigenvalue weighted by Gasteiger charge is -2.20. The Kier molecular flexibility index (Phi) is 6.21. The molecule has 21 heavy (non-hydrogen) atoms. The molecule has 4 heteroatoms. The van der Waals surface area contributed by atoms with Crippen molar-refractivity contribution >= 4 is 5.97 Å². The number of hydrogen-bond acceptors (Lipinski definition) is 3. The highest BCUT2D eigenvalue weighted by atomic mass is 16.5. The molecule has 0 aromatic heterocycles. The molecular weight excluding hydrogens is 266 g/mol. The zero-order valence-corrected chi connectivity index (χ0v) is 13.6. The summed E-state index contributed by atoms with van der Waals surface area (Å²) in [7, 11) is 0. The molecular formula is C17H27NO3. The predicted molar refractivity (Wildman–Crippen MR) is 84.9 cm³/mol. The first-order valence-electron chi connectivity index (χ1n) is 7.42. The number of carboxylic acid groups (broad SMARTS) is 1. The van der Waals surface area contributed by atoms with Crippen LogP contribution in [0.3, 0.4) is 0 Å². The standard InChI is InChI=1S/C17H27NO3/c1-12(2)18-15(16(19)20)10-11-21-14-8-6-13(7-9-14)17(3,4)5/h6-9,12,15,18H,10-11H2,1-5H3,(H,19,20). The summed E-state index contributed by atoms with van der Waals surface area (Å²) >= 11 is 0. The minimum absolute atomic E-state index is 0.119. The van der Waals surface area contributed by atoms with Gasteiger partial charge in [-0.2, -0.15) is 0 Å². The van der Waals surface area contributed by atoms with Crippen LogP contribution in [0.5, 0.6) is 5.75 Å². The zero-order valence-electron chi connectivity index (χ0n) is 13.6. The van der Waals surface area contributed by atoms with Gasteiger partial charge in [-0.05, 0) is 23.1 Å². The van der Waals surface area contributed by atoms with E-state index in [4.69, 9.17) is 9.84 Å². The molecule has 0 heterocycles. The third-order valence-electron chi connectivity index (χ3n) is 3.23. The SMILES string of the molecule is CC(C)NC(CCOc1ccc(C(C)(C)C)cc1)C(=O)O. The largest absolute Gasteiger partial charge is 0.494 e. The van der Waals surface area contributed by atoms with E-state index >= 15 is 0 Å². The van der Waals surface area contributed by atoms with Gasteiger partial charge >= 0.3 is 5.97 Å². The van der Waals surface area contributed by atoms with Crippen LogP contribution in [0.2, 0.25) is 0 Å². The van der Waals surface area contributed by atoms with Crippen molar-refractivity contribution in [1.29, 1.82) is 0 Å². The van der Waals surface area contributed by atoms with Gasteiger partial charge in [0.05, 0.1) is 6.61 Å². The number of benzene rings is 1. The van der Waals surface area contributed by atoms with Crippen LogP contribution in [-0.4, -0.2) is 29.8 Å². The molecule has 1 atom stereocenters. The quantitative estimate of drug-likeness (QED) is 0.810. The number of nitrogens with one attached hydrogen (secondary N) is 1. The van der Waals surface area contributed by atoms with E-state index < -0.39 is 12.0 Å². The van der Waals surface area contributed by atoms with E-state index in [1.807, 2.05) is 26.0 Å². The number of aliphatic carboxylic acids is 1. The smallest absolute Gasteiger partial charge is 0.320 e. The third kappa shape index (κ3) is 6.17. The summed E-state index contributed by atoms with van der Waals surface area (Å²) in [5, 5.41) is 12.1. The Hall–Kier alpha value is -1.55. The molecule has 1 rings (SSSR count). The van der Waals surface area contributed by atoms with Gasteiger partial charge in [0.25, 0.3) is 0 Å². The van der Waals surface area contributed by atoms with Crippen LogP contribution in [0.4, 0.5) is 0 Å². The van der Waals surface area contributed by atoms with Crippen molar-refractivity contribution in [3.8, 4) is 5.75 Å². The van der Waals surface area contributed by atoms with Crippen molar-refractivity contribution in [2.45, 2.75) is 58.5 Å². The Bertz CT molecular complexity index is 446. The molecule has 118 valence electrons. The van der Waals surface area contributed by atoms with Crippen LogP contribution in [0.1, 0.15) is 46.6 Å². The summed E-state index contributed by atoms with van der Waals surface area (Å²) in [5.74, 6) is -0.0629. The van der Waals surface area contributed by atoms with E-state index in [1.165, 1.54) is 5.56 Å². The van der Waals surface area contributed by atoms with Crippen molar-refractivity contribution in [2.24, 2.45) is 0 Å². The second-order valence-electron chi connectivity index (χ2n) is 6.62. The summed E-state index contributed by atoms with van der Waals surface area (Å²) in [4.78, 5) is 11.1. The molecule has 4 nitrogen and oxygen atoms in total. The average molecular weight is 293 g/mol. The second-order valence-corrected chi connectivity index (χ2v) is 6.62. The summed E-state index contributed by atoms with van der Waals surface area (Å²) < 4.78 is 5.63. The molecule has 1 aromatic carbocycles. The highest BCUT2D eigenvalue weighted by Crippen LogP contribution is 2.24. The lowest BCUT2D eigenvalue weighted by atomic mass is 9.87. The maximum atomic E-state index is 11.1. The van der Waals surface area contributed by atoms with Gasteiger partial charge in [-0.25, -0.2) is 0 Å². The first kappa shape index (κ1) is 17.5. The number of hydrogen-bond donors (Lipinski definition) is 2. The molecule has 0 aliphatic rings. The normalized spacial score (nSPS) is 13.2.